The third-order valence-corrected chi connectivity index (χ3v) is 3.13. The molecule has 0 aliphatic carbocycles. The molecule has 0 aromatic heterocycles. The molecule has 24 heavy (non-hydrogen) atoms. The lowest BCUT2D eigenvalue weighted by atomic mass is 10.2. The summed E-state index contributed by atoms with van der Waals surface area (Å²) in [4.78, 5) is 12.2. The third-order valence-electron chi connectivity index (χ3n) is 3.13. The monoisotopic (exact) mass is 331 g/mol. The Morgan fingerprint density at radius 3 is 2.79 bits per heavy atom. The summed E-state index contributed by atoms with van der Waals surface area (Å²) in [5.74, 6) is 0.0670. The fourth-order valence-electron chi connectivity index (χ4n) is 1.93. The maximum absolute atomic E-state index is 12.2. The van der Waals surface area contributed by atoms with E-state index in [1.807, 2.05) is 32.9 Å². The fourth-order valence-corrected chi connectivity index (χ4v) is 1.93. The predicted octanol–water partition coefficient (Wildman–Crippen LogP) is 2.75. The number of nitriles is 1. The molecule has 0 radical (unpaired) electrons. The van der Waals surface area contributed by atoms with Crippen molar-refractivity contribution in [3.05, 3.63) is 35.5 Å². The second-order valence-electron chi connectivity index (χ2n) is 5.55. The van der Waals surface area contributed by atoms with Gasteiger partial charge >= 0.3 is 0 Å². The van der Waals surface area contributed by atoms with Gasteiger partial charge in [0.25, 0.3) is 5.91 Å². The number of aryl methyl sites for hydroxylation is 1. The van der Waals surface area contributed by atoms with Crippen molar-refractivity contribution in [2.45, 2.75) is 33.3 Å². The molecule has 6 nitrogen and oxygen atoms in total. The van der Waals surface area contributed by atoms with Crippen molar-refractivity contribution in [2.24, 2.45) is 0 Å². The first kappa shape index (κ1) is 19.5. The number of ether oxygens (including phenoxy) is 2. The van der Waals surface area contributed by atoms with Gasteiger partial charge in [0.05, 0.1) is 18.9 Å². The second kappa shape index (κ2) is 10.3. The van der Waals surface area contributed by atoms with Crippen LogP contribution < -0.4 is 15.4 Å². The summed E-state index contributed by atoms with van der Waals surface area (Å²) in [5.41, 5.74) is 1.52. The lowest BCUT2D eigenvalue weighted by molar-refractivity contribution is -0.112. The lowest BCUT2D eigenvalue weighted by Crippen LogP contribution is -2.18. The molecule has 1 aromatic carbocycles. The Hall–Kier alpha value is -2.52. The van der Waals surface area contributed by atoms with E-state index in [-0.39, 0.29) is 11.7 Å². The van der Waals surface area contributed by atoms with E-state index in [4.69, 9.17) is 14.7 Å². The number of nitrogens with zero attached hydrogens (tertiary/aromatic N) is 1. The molecule has 0 saturated carbocycles. The van der Waals surface area contributed by atoms with Crippen molar-refractivity contribution < 1.29 is 14.3 Å². The minimum atomic E-state index is -0.479. The Kier molecular flexibility index (Phi) is 8.37. The van der Waals surface area contributed by atoms with Crippen LogP contribution in [0.2, 0.25) is 0 Å². The molecule has 2 N–H and O–H groups in total. The Morgan fingerprint density at radius 1 is 1.42 bits per heavy atom. The highest BCUT2D eigenvalue weighted by Crippen LogP contribution is 2.25. The van der Waals surface area contributed by atoms with Crippen LogP contribution in [0.5, 0.6) is 5.75 Å². The Labute approximate surface area is 143 Å². The zero-order valence-corrected chi connectivity index (χ0v) is 14.7. The van der Waals surface area contributed by atoms with E-state index >= 15 is 0 Å². The molecule has 0 spiro atoms. The molecule has 0 fully saturated rings. The van der Waals surface area contributed by atoms with Crippen LogP contribution in [0.4, 0.5) is 5.69 Å². The van der Waals surface area contributed by atoms with E-state index in [0.717, 1.165) is 12.0 Å². The van der Waals surface area contributed by atoms with Crippen LogP contribution in [-0.4, -0.2) is 32.3 Å². The number of amides is 1. The van der Waals surface area contributed by atoms with Gasteiger partial charge in [-0.2, -0.15) is 5.26 Å². The number of hydrogen-bond acceptors (Lipinski definition) is 5. The number of benzene rings is 1. The number of hydrogen-bond donors (Lipinski definition) is 2. The second-order valence-corrected chi connectivity index (χ2v) is 5.55. The van der Waals surface area contributed by atoms with E-state index in [2.05, 4.69) is 10.6 Å². The maximum Gasteiger partial charge on any atom is 0.267 e. The topological polar surface area (TPSA) is 83.4 Å². The van der Waals surface area contributed by atoms with Crippen molar-refractivity contribution in [1.29, 1.82) is 5.26 Å². The van der Waals surface area contributed by atoms with Crippen LogP contribution >= 0.6 is 0 Å². The van der Waals surface area contributed by atoms with E-state index in [1.165, 1.54) is 13.3 Å². The molecule has 1 aromatic rings. The first-order valence-corrected chi connectivity index (χ1v) is 7.89. The average molecular weight is 331 g/mol. The van der Waals surface area contributed by atoms with Crippen molar-refractivity contribution in [2.75, 3.05) is 25.6 Å². The minimum Gasteiger partial charge on any atom is -0.495 e. The van der Waals surface area contributed by atoms with Gasteiger partial charge in [-0.3, -0.25) is 4.79 Å². The van der Waals surface area contributed by atoms with Crippen LogP contribution in [0.3, 0.4) is 0 Å². The molecule has 6 heteroatoms. The molecule has 0 unspecified atom stereocenters. The SMILES string of the molecule is COc1ccc(C)cc1NC(=O)/C(C#N)=C\NCCCOC(C)C. The van der Waals surface area contributed by atoms with Gasteiger partial charge < -0.3 is 20.1 Å². The van der Waals surface area contributed by atoms with Crippen LogP contribution in [-0.2, 0) is 9.53 Å². The molecule has 1 rings (SSSR count). The zero-order valence-electron chi connectivity index (χ0n) is 14.7. The number of carbonyl (C=O) groups is 1. The van der Waals surface area contributed by atoms with Gasteiger partial charge in [-0.25, -0.2) is 0 Å². The van der Waals surface area contributed by atoms with Crippen LogP contribution in [0.15, 0.2) is 30.0 Å². The van der Waals surface area contributed by atoms with E-state index in [9.17, 15) is 4.79 Å². The van der Waals surface area contributed by atoms with Crippen molar-refractivity contribution in [3.8, 4) is 11.8 Å². The minimum absolute atomic E-state index is 0.00309. The van der Waals surface area contributed by atoms with E-state index < -0.39 is 5.91 Å². The number of nitrogens with one attached hydrogen (secondary N) is 2. The molecular formula is C18H25N3O3. The van der Waals surface area contributed by atoms with Gasteiger partial charge in [0, 0.05) is 19.4 Å². The average Bonchev–Trinajstić information content (AvgIpc) is 2.54. The molecular weight excluding hydrogens is 306 g/mol. The Bertz CT molecular complexity index is 618. The Balaban J connectivity index is 2.59. The van der Waals surface area contributed by atoms with Gasteiger partial charge in [-0.15, -0.1) is 0 Å². The highest BCUT2D eigenvalue weighted by Gasteiger charge is 2.12. The molecule has 1 amide bonds. The van der Waals surface area contributed by atoms with Gasteiger partial charge in [0.15, 0.2) is 0 Å². The van der Waals surface area contributed by atoms with Crippen molar-refractivity contribution in [1.82, 2.24) is 5.32 Å². The first-order valence-electron chi connectivity index (χ1n) is 7.89. The van der Waals surface area contributed by atoms with E-state index in [1.54, 1.807) is 12.1 Å². The highest BCUT2D eigenvalue weighted by molar-refractivity contribution is 6.07. The fraction of sp³-hybridized carbons (Fsp3) is 0.444. The van der Waals surface area contributed by atoms with Crippen LogP contribution in [0.25, 0.3) is 0 Å². The van der Waals surface area contributed by atoms with Gasteiger partial charge in [0.1, 0.15) is 17.4 Å². The summed E-state index contributed by atoms with van der Waals surface area (Å²) < 4.78 is 10.6. The molecule has 0 bridgehead atoms. The molecule has 0 aliphatic heterocycles. The van der Waals surface area contributed by atoms with Crippen LogP contribution in [0, 0.1) is 18.3 Å². The van der Waals surface area contributed by atoms with Gasteiger partial charge in [-0.1, -0.05) is 6.07 Å². The lowest BCUT2D eigenvalue weighted by Gasteiger charge is -2.11. The molecule has 0 saturated heterocycles. The predicted molar refractivity (Wildman–Crippen MR) is 93.8 cm³/mol. The number of anilines is 1. The summed E-state index contributed by atoms with van der Waals surface area (Å²) in [6.45, 7) is 7.12. The number of methoxy groups -OCH3 is 1. The van der Waals surface area contributed by atoms with Crippen molar-refractivity contribution >= 4 is 11.6 Å². The summed E-state index contributed by atoms with van der Waals surface area (Å²) in [5, 5.41) is 14.8. The van der Waals surface area contributed by atoms with Gasteiger partial charge in [-0.05, 0) is 44.9 Å². The molecule has 0 aliphatic rings. The van der Waals surface area contributed by atoms with Crippen molar-refractivity contribution in [3.63, 3.8) is 0 Å². The number of rotatable bonds is 9. The summed E-state index contributed by atoms with van der Waals surface area (Å²) >= 11 is 0. The highest BCUT2D eigenvalue weighted by atomic mass is 16.5. The quantitative estimate of drug-likeness (QED) is 0.413. The Morgan fingerprint density at radius 2 is 2.17 bits per heavy atom. The largest absolute Gasteiger partial charge is 0.495 e. The standard InChI is InChI=1S/C18H25N3O3/c1-13(2)24-9-5-8-20-12-15(11-19)18(22)21-16-10-14(3)6-7-17(16)23-4/h6-7,10,12-13,20H,5,8-9H2,1-4H3,(H,21,22)/b15-12-. The smallest absolute Gasteiger partial charge is 0.267 e. The summed E-state index contributed by atoms with van der Waals surface area (Å²) in [6, 6.07) is 7.35. The van der Waals surface area contributed by atoms with E-state index in [0.29, 0.717) is 24.6 Å². The normalized spacial score (nSPS) is 11.1. The number of carbonyl (C=O) groups excluding carboxylic acids is 1. The summed E-state index contributed by atoms with van der Waals surface area (Å²) in [7, 11) is 1.53. The first-order chi connectivity index (χ1) is 11.5. The summed E-state index contributed by atoms with van der Waals surface area (Å²) in [6.07, 6.45) is 2.42. The van der Waals surface area contributed by atoms with Crippen LogP contribution in [0.1, 0.15) is 25.8 Å². The molecule has 130 valence electrons. The zero-order chi connectivity index (χ0) is 17.9. The molecule has 0 atom stereocenters. The molecule has 0 heterocycles. The van der Waals surface area contributed by atoms with Gasteiger partial charge in [0.2, 0.25) is 0 Å². The third kappa shape index (κ3) is 6.71. The maximum atomic E-state index is 12.2.